The van der Waals surface area contributed by atoms with Crippen molar-refractivity contribution in [2.45, 2.75) is 45.6 Å². The Bertz CT molecular complexity index is 132. The summed E-state index contributed by atoms with van der Waals surface area (Å²) in [6, 6.07) is 0.445. The molecule has 0 bridgehead atoms. The van der Waals surface area contributed by atoms with Gasteiger partial charge in [-0.05, 0) is 19.8 Å². The lowest BCUT2D eigenvalue weighted by atomic mass is 10.1. The monoisotopic (exact) mass is 154 g/mol. The van der Waals surface area contributed by atoms with Gasteiger partial charge in [0.05, 0.1) is 0 Å². The number of hydrazine groups is 1. The van der Waals surface area contributed by atoms with Crippen molar-refractivity contribution < 1.29 is 0 Å². The van der Waals surface area contributed by atoms with Gasteiger partial charge in [0.1, 0.15) is 0 Å². The smallest absolute Gasteiger partial charge is 0.0219 e. The molecule has 0 aromatic rings. The van der Waals surface area contributed by atoms with Gasteiger partial charge in [-0.1, -0.05) is 13.3 Å². The maximum absolute atomic E-state index is 5.34. The van der Waals surface area contributed by atoms with E-state index in [-0.39, 0.29) is 0 Å². The fraction of sp³-hybridized carbons (Fsp3) is 0.778. The highest BCUT2D eigenvalue weighted by atomic mass is 15.2. The molecule has 0 aromatic carbocycles. The molecule has 11 heavy (non-hydrogen) atoms. The number of hydrogen-bond acceptors (Lipinski definition) is 2. The second-order valence-electron chi connectivity index (χ2n) is 2.62. The molecule has 2 heteroatoms. The van der Waals surface area contributed by atoms with Gasteiger partial charge in [0.25, 0.3) is 0 Å². The fourth-order valence-electron chi connectivity index (χ4n) is 1.03. The largest absolute Gasteiger partial charge is 0.271 e. The molecule has 3 N–H and O–H groups in total. The van der Waals surface area contributed by atoms with E-state index in [2.05, 4.69) is 24.2 Å². The lowest BCUT2D eigenvalue weighted by Gasteiger charge is -2.12. The zero-order valence-corrected chi connectivity index (χ0v) is 7.48. The average molecular weight is 154 g/mol. The SMILES string of the molecule is CC#CCCC(CCC)NN. The summed E-state index contributed by atoms with van der Waals surface area (Å²) in [5.41, 5.74) is 2.79. The van der Waals surface area contributed by atoms with E-state index in [0.717, 1.165) is 19.3 Å². The van der Waals surface area contributed by atoms with Crippen LogP contribution >= 0.6 is 0 Å². The molecule has 0 fully saturated rings. The Hall–Kier alpha value is -0.520. The van der Waals surface area contributed by atoms with E-state index in [1.54, 1.807) is 0 Å². The first-order valence-electron chi connectivity index (χ1n) is 4.20. The summed E-state index contributed by atoms with van der Waals surface area (Å²) in [6.07, 6.45) is 4.33. The second-order valence-corrected chi connectivity index (χ2v) is 2.62. The van der Waals surface area contributed by atoms with Gasteiger partial charge in [-0.3, -0.25) is 11.3 Å². The lowest BCUT2D eigenvalue weighted by molar-refractivity contribution is 0.465. The summed E-state index contributed by atoms with van der Waals surface area (Å²) in [5, 5.41) is 0. The van der Waals surface area contributed by atoms with Crippen LogP contribution in [0.15, 0.2) is 0 Å². The second kappa shape index (κ2) is 7.59. The third kappa shape index (κ3) is 5.90. The minimum Gasteiger partial charge on any atom is -0.271 e. The molecule has 0 saturated heterocycles. The van der Waals surface area contributed by atoms with Crippen molar-refractivity contribution in [1.82, 2.24) is 5.43 Å². The highest BCUT2D eigenvalue weighted by Gasteiger charge is 2.02. The van der Waals surface area contributed by atoms with Crippen LogP contribution in [0.1, 0.15) is 39.5 Å². The lowest BCUT2D eigenvalue weighted by Crippen LogP contribution is -2.34. The molecule has 0 aromatic heterocycles. The Morgan fingerprint density at radius 2 is 2.18 bits per heavy atom. The van der Waals surface area contributed by atoms with Crippen LogP contribution in [0.2, 0.25) is 0 Å². The minimum absolute atomic E-state index is 0.445. The summed E-state index contributed by atoms with van der Waals surface area (Å²) < 4.78 is 0. The van der Waals surface area contributed by atoms with Crippen LogP contribution < -0.4 is 11.3 Å². The van der Waals surface area contributed by atoms with Crippen molar-refractivity contribution in [3.05, 3.63) is 0 Å². The van der Waals surface area contributed by atoms with Gasteiger partial charge in [0, 0.05) is 12.5 Å². The first-order chi connectivity index (χ1) is 5.35. The van der Waals surface area contributed by atoms with E-state index < -0.39 is 0 Å². The third-order valence-electron chi connectivity index (χ3n) is 1.67. The molecule has 0 heterocycles. The number of hydrogen-bond donors (Lipinski definition) is 2. The summed E-state index contributed by atoms with van der Waals surface area (Å²) >= 11 is 0. The van der Waals surface area contributed by atoms with Gasteiger partial charge in [-0.15, -0.1) is 11.8 Å². The number of rotatable bonds is 5. The Morgan fingerprint density at radius 1 is 1.45 bits per heavy atom. The van der Waals surface area contributed by atoms with Crippen LogP contribution in [-0.4, -0.2) is 6.04 Å². The standard InChI is InChI=1S/C9H18N2/c1-3-5-6-8-9(11-10)7-4-2/h9,11H,4,6-8,10H2,1-2H3. The molecule has 0 spiro atoms. The summed E-state index contributed by atoms with van der Waals surface area (Å²) in [5.74, 6) is 11.2. The highest BCUT2D eigenvalue weighted by Crippen LogP contribution is 2.02. The van der Waals surface area contributed by atoms with Gasteiger partial charge in [-0.25, -0.2) is 0 Å². The fourth-order valence-corrected chi connectivity index (χ4v) is 1.03. The molecule has 0 aliphatic rings. The number of nitrogens with one attached hydrogen (secondary N) is 1. The quantitative estimate of drug-likeness (QED) is 0.357. The van der Waals surface area contributed by atoms with Gasteiger partial charge in [0.2, 0.25) is 0 Å². The average Bonchev–Trinajstić information content (AvgIpc) is 2.03. The number of nitrogens with two attached hydrogens (primary N) is 1. The molecule has 0 rings (SSSR count). The molecular weight excluding hydrogens is 136 g/mol. The van der Waals surface area contributed by atoms with E-state index >= 15 is 0 Å². The molecule has 0 aliphatic heterocycles. The molecule has 1 atom stereocenters. The molecular formula is C9H18N2. The summed E-state index contributed by atoms with van der Waals surface area (Å²) in [7, 11) is 0. The molecule has 0 saturated carbocycles. The summed E-state index contributed by atoms with van der Waals surface area (Å²) in [4.78, 5) is 0. The van der Waals surface area contributed by atoms with Crippen molar-refractivity contribution in [2.24, 2.45) is 5.84 Å². The maximum atomic E-state index is 5.34. The Balaban J connectivity index is 3.40. The molecule has 0 radical (unpaired) electrons. The van der Waals surface area contributed by atoms with Crippen molar-refractivity contribution >= 4 is 0 Å². The predicted octanol–water partition coefficient (Wildman–Crippen LogP) is 1.42. The normalized spacial score (nSPS) is 11.9. The van der Waals surface area contributed by atoms with Crippen molar-refractivity contribution in [3.8, 4) is 11.8 Å². The van der Waals surface area contributed by atoms with Crippen LogP contribution in [0, 0.1) is 11.8 Å². The first kappa shape index (κ1) is 10.5. The Morgan fingerprint density at radius 3 is 2.64 bits per heavy atom. The van der Waals surface area contributed by atoms with Crippen molar-refractivity contribution in [2.75, 3.05) is 0 Å². The summed E-state index contributed by atoms with van der Waals surface area (Å²) in [6.45, 7) is 4.03. The van der Waals surface area contributed by atoms with E-state index in [0.29, 0.717) is 6.04 Å². The molecule has 0 aliphatic carbocycles. The van der Waals surface area contributed by atoms with Gasteiger partial charge in [0.15, 0.2) is 0 Å². The topological polar surface area (TPSA) is 38.0 Å². The van der Waals surface area contributed by atoms with Crippen molar-refractivity contribution in [3.63, 3.8) is 0 Å². The highest BCUT2D eigenvalue weighted by molar-refractivity contribution is 4.95. The van der Waals surface area contributed by atoms with Crippen LogP contribution in [-0.2, 0) is 0 Å². The van der Waals surface area contributed by atoms with Crippen molar-refractivity contribution in [1.29, 1.82) is 0 Å². The van der Waals surface area contributed by atoms with Crippen LogP contribution in [0.4, 0.5) is 0 Å². The molecule has 0 amide bonds. The van der Waals surface area contributed by atoms with E-state index in [4.69, 9.17) is 5.84 Å². The third-order valence-corrected chi connectivity index (χ3v) is 1.67. The minimum atomic E-state index is 0.445. The Labute approximate surface area is 69.5 Å². The van der Waals surface area contributed by atoms with E-state index in [1.165, 1.54) is 6.42 Å². The van der Waals surface area contributed by atoms with Gasteiger partial charge < -0.3 is 0 Å². The zero-order valence-electron chi connectivity index (χ0n) is 7.48. The zero-order chi connectivity index (χ0) is 8.53. The van der Waals surface area contributed by atoms with E-state index in [1.807, 2.05) is 6.92 Å². The Kier molecular flexibility index (Phi) is 7.23. The van der Waals surface area contributed by atoms with E-state index in [9.17, 15) is 0 Å². The van der Waals surface area contributed by atoms with Gasteiger partial charge in [-0.2, -0.15) is 0 Å². The van der Waals surface area contributed by atoms with Crippen LogP contribution in [0.5, 0.6) is 0 Å². The molecule has 2 nitrogen and oxygen atoms in total. The van der Waals surface area contributed by atoms with Gasteiger partial charge >= 0.3 is 0 Å². The molecule has 1 unspecified atom stereocenters. The van der Waals surface area contributed by atoms with Crippen LogP contribution in [0.3, 0.4) is 0 Å². The maximum Gasteiger partial charge on any atom is 0.0219 e. The predicted molar refractivity (Wildman–Crippen MR) is 48.7 cm³/mol. The molecule has 64 valence electrons. The van der Waals surface area contributed by atoms with Crippen LogP contribution in [0.25, 0.3) is 0 Å². The first-order valence-corrected chi connectivity index (χ1v) is 4.20.